The first-order valence-corrected chi connectivity index (χ1v) is 7.17. The molecule has 2 N–H and O–H groups in total. The molecule has 122 valence electrons. The second-order valence-corrected chi connectivity index (χ2v) is 4.92. The average molecular weight is 302 g/mol. The minimum atomic E-state index is -1.91. The first-order valence-electron chi connectivity index (χ1n) is 7.17. The molecule has 0 heterocycles. The number of carboxylic acids is 2. The predicted molar refractivity (Wildman–Crippen MR) is 78.0 cm³/mol. The number of allylic oxidation sites excluding steroid dienone is 1. The number of ether oxygens (including phenoxy) is 2. The molecule has 0 aromatic rings. The Morgan fingerprint density at radius 1 is 1.24 bits per heavy atom. The molecule has 0 amide bonds. The Labute approximate surface area is 125 Å². The van der Waals surface area contributed by atoms with Crippen LogP contribution in [0.25, 0.3) is 0 Å². The van der Waals surface area contributed by atoms with Gasteiger partial charge >= 0.3 is 11.9 Å². The van der Waals surface area contributed by atoms with E-state index < -0.39 is 29.6 Å². The lowest BCUT2D eigenvalue weighted by molar-refractivity contribution is -0.179. The van der Waals surface area contributed by atoms with Crippen molar-refractivity contribution < 1.29 is 29.3 Å². The fourth-order valence-corrected chi connectivity index (χ4v) is 2.36. The Hall–Kier alpha value is -1.40. The van der Waals surface area contributed by atoms with E-state index in [0.29, 0.717) is 19.4 Å². The standard InChI is InChI=1S/C15H26O6/c1-5-8-12(10-21-11(4)20-7-3)15(9-6-2,13(16)17)14(18)19/h6,11-12H,2,5,7-10H2,1,3-4H3,(H,16,17)(H,18,19). The van der Waals surface area contributed by atoms with Crippen LogP contribution in [0, 0.1) is 11.3 Å². The molecule has 0 aliphatic rings. The van der Waals surface area contributed by atoms with E-state index in [1.807, 2.05) is 13.8 Å². The highest BCUT2D eigenvalue weighted by Crippen LogP contribution is 2.37. The SMILES string of the molecule is C=CCC(C(=O)O)(C(=O)O)C(CCC)COC(C)OCC. The van der Waals surface area contributed by atoms with Crippen molar-refractivity contribution in [3.63, 3.8) is 0 Å². The number of carbonyl (C=O) groups is 2. The van der Waals surface area contributed by atoms with Crippen LogP contribution in [0.5, 0.6) is 0 Å². The van der Waals surface area contributed by atoms with Crippen molar-refractivity contribution in [2.45, 2.75) is 46.3 Å². The fraction of sp³-hybridized carbons (Fsp3) is 0.733. The molecule has 0 fully saturated rings. The van der Waals surface area contributed by atoms with Crippen LogP contribution in [0.15, 0.2) is 12.7 Å². The molecule has 0 saturated carbocycles. The summed E-state index contributed by atoms with van der Waals surface area (Å²) in [5.41, 5.74) is -1.91. The minimum absolute atomic E-state index is 0.0153. The van der Waals surface area contributed by atoms with E-state index in [4.69, 9.17) is 9.47 Å². The van der Waals surface area contributed by atoms with Crippen LogP contribution in [-0.2, 0) is 19.1 Å². The molecular weight excluding hydrogens is 276 g/mol. The first-order chi connectivity index (χ1) is 9.86. The summed E-state index contributed by atoms with van der Waals surface area (Å²) in [4.78, 5) is 23.2. The van der Waals surface area contributed by atoms with Crippen molar-refractivity contribution in [2.24, 2.45) is 11.3 Å². The summed E-state index contributed by atoms with van der Waals surface area (Å²) in [6, 6.07) is 0. The molecule has 2 atom stereocenters. The Morgan fingerprint density at radius 3 is 2.19 bits per heavy atom. The monoisotopic (exact) mass is 302 g/mol. The van der Waals surface area contributed by atoms with Gasteiger partial charge in [-0.1, -0.05) is 19.4 Å². The topological polar surface area (TPSA) is 93.1 Å². The van der Waals surface area contributed by atoms with Gasteiger partial charge in [-0.15, -0.1) is 6.58 Å². The quantitative estimate of drug-likeness (QED) is 0.327. The molecule has 21 heavy (non-hydrogen) atoms. The van der Waals surface area contributed by atoms with Crippen LogP contribution >= 0.6 is 0 Å². The first kappa shape index (κ1) is 19.6. The lowest BCUT2D eigenvalue weighted by atomic mass is 9.71. The largest absolute Gasteiger partial charge is 0.480 e. The molecule has 0 saturated heterocycles. The van der Waals surface area contributed by atoms with E-state index in [0.717, 1.165) is 0 Å². The summed E-state index contributed by atoms with van der Waals surface area (Å²) in [6.45, 7) is 9.36. The molecule has 0 aromatic heterocycles. The smallest absolute Gasteiger partial charge is 0.321 e. The van der Waals surface area contributed by atoms with Crippen LogP contribution in [0.3, 0.4) is 0 Å². The minimum Gasteiger partial charge on any atom is -0.480 e. The predicted octanol–water partition coefficient (Wildman–Crippen LogP) is 2.53. The summed E-state index contributed by atoms with van der Waals surface area (Å²) in [5, 5.41) is 19.0. The lowest BCUT2D eigenvalue weighted by Crippen LogP contribution is -2.47. The maximum atomic E-state index is 11.6. The van der Waals surface area contributed by atoms with Gasteiger partial charge in [-0.3, -0.25) is 9.59 Å². The molecule has 0 spiro atoms. The summed E-state index contributed by atoms with van der Waals surface area (Å²) in [5.74, 6) is -3.37. The molecule has 0 rings (SSSR count). The van der Waals surface area contributed by atoms with Gasteiger partial charge in [-0.05, 0) is 26.7 Å². The Kier molecular flexibility index (Phi) is 8.89. The number of aliphatic carboxylic acids is 2. The molecule has 2 unspecified atom stereocenters. The van der Waals surface area contributed by atoms with Crippen molar-refractivity contribution in [1.82, 2.24) is 0 Å². The van der Waals surface area contributed by atoms with Crippen LogP contribution in [0.2, 0.25) is 0 Å². The van der Waals surface area contributed by atoms with Crippen molar-refractivity contribution in [1.29, 1.82) is 0 Å². The third kappa shape index (κ3) is 5.13. The molecule has 0 bridgehead atoms. The van der Waals surface area contributed by atoms with E-state index in [2.05, 4.69) is 6.58 Å². The van der Waals surface area contributed by atoms with E-state index >= 15 is 0 Å². The summed E-state index contributed by atoms with van der Waals surface area (Å²) in [6.07, 6.45) is 1.78. The molecule has 0 radical (unpaired) electrons. The third-order valence-electron chi connectivity index (χ3n) is 3.50. The van der Waals surface area contributed by atoms with Gasteiger partial charge in [-0.25, -0.2) is 0 Å². The fourth-order valence-electron chi connectivity index (χ4n) is 2.36. The van der Waals surface area contributed by atoms with Gasteiger partial charge in [0.15, 0.2) is 11.7 Å². The van der Waals surface area contributed by atoms with Gasteiger partial charge < -0.3 is 19.7 Å². The maximum Gasteiger partial charge on any atom is 0.321 e. The third-order valence-corrected chi connectivity index (χ3v) is 3.50. The maximum absolute atomic E-state index is 11.6. The lowest BCUT2D eigenvalue weighted by Gasteiger charge is -2.33. The molecular formula is C15H26O6. The van der Waals surface area contributed by atoms with E-state index in [1.165, 1.54) is 6.08 Å². The van der Waals surface area contributed by atoms with Crippen molar-refractivity contribution in [3.05, 3.63) is 12.7 Å². The van der Waals surface area contributed by atoms with Crippen LogP contribution in [0.4, 0.5) is 0 Å². The van der Waals surface area contributed by atoms with Crippen molar-refractivity contribution in [3.8, 4) is 0 Å². The Bertz CT molecular complexity index is 338. The second-order valence-electron chi connectivity index (χ2n) is 4.92. The van der Waals surface area contributed by atoms with Crippen LogP contribution < -0.4 is 0 Å². The van der Waals surface area contributed by atoms with Gasteiger partial charge in [0.1, 0.15) is 0 Å². The van der Waals surface area contributed by atoms with E-state index in [1.54, 1.807) is 6.92 Å². The molecule has 0 aliphatic carbocycles. The zero-order valence-corrected chi connectivity index (χ0v) is 13.0. The van der Waals surface area contributed by atoms with Gasteiger partial charge in [0.2, 0.25) is 0 Å². The number of hydrogen-bond donors (Lipinski definition) is 2. The highest BCUT2D eigenvalue weighted by molar-refractivity contribution is 5.98. The van der Waals surface area contributed by atoms with Crippen molar-refractivity contribution in [2.75, 3.05) is 13.2 Å². The van der Waals surface area contributed by atoms with Gasteiger partial charge in [0.05, 0.1) is 6.61 Å². The Balaban J connectivity index is 5.26. The van der Waals surface area contributed by atoms with E-state index in [-0.39, 0.29) is 13.0 Å². The second kappa shape index (κ2) is 9.52. The number of rotatable bonds is 12. The Morgan fingerprint density at radius 2 is 1.81 bits per heavy atom. The summed E-state index contributed by atoms with van der Waals surface area (Å²) < 4.78 is 10.7. The molecule has 0 aromatic carbocycles. The number of carboxylic acid groups (broad SMARTS) is 2. The average Bonchev–Trinajstić information content (AvgIpc) is 2.40. The molecule has 0 aliphatic heterocycles. The highest BCUT2D eigenvalue weighted by atomic mass is 16.7. The van der Waals surface area contributed by atoms with Crippen LogP contribution in [0.1, 0.15) is 40.0 Å². The zero-order valence-electron chi connectivity index (χ0n) is 13.0. The van der Waals surface area contributed by atoms with Gasteiger partial charge in [-0.2, -0.15) is 0 Å². The van der Waals surface area contributed by atoms with Crippen LogP contribution in [-0.4, -0.2) is 41.7 Å². The molecule has 6 nitrogen and oxygen atoms in total. The van der Waals surface area contributed by atoms with Gasteiger partial charge in [0, 0.05) is 12.5 Å². The zero-order chi connectivity index (χ0) is 16.5. The van der Waals surface area contributed by atoms with E-state index in [9.17, 15) is 19.8 Å². The molecule has 6 heteroatoms. The normalized spacial score (nSPS) is 14.4. The van der Waals surface area contributed by atoms with Crippen molar-refractivity contribution >= 4 is 11.9 Å². The summed E-state index contributed by atoms with van der Waals surface area (Å²) >= 11 is 0. The highest BCUT2D eigenvalue weighted by Gasteiger charge is 2.51. The number of hydrogen-bond acceptors (Lipinski definition) is 4. The summed E-state index contributed by atoms with van der Waals surface area (Å²) in [7, 11) is 0. The van der Waals surface area contributed by atoms with Gasteiger partial charge in [0.25, 0.3) is 0 Å².